The number of nitrogens with two attached hydrogens (primary N) is 1. The van der Waals surface area contributed by atoms with E-state index in [1.54, 1.807) is 0 Å². The molecule has 0 aliphatic carbocycles. The largest absolute Gasteiger partial charge is 0.472 e. The Hall–Kier alpha value is -3.07. The monoisotopic (exact) mass is 1420 g/mol. The van der Waals surface area contributed by atoms with Crippen LogP contribution in [-0.4, -0.2) is 49.3 Å². The maximum absolute atomic E-state index is 12.8. The molecule has 3 N–H and O–H groups in total. The number of esters is 2. The van der Waals surface area contributed by atoms with Crippen molar-refractivity contribution in [3.63, 3.8) is 0 Å². The van der Waals surface area contributed by atoms with Crippen LogP contribution in [0.2, 0.25) is 0 Å². The Kier molecular flexibility index (Phi) is 82.3. The first-order valence-corrected chi connectivity index (χ1v) is 44.7. The molecular weight excluding hydrogens is 1250 g/mol. The second-order valence-electron chi connectivity index (χ2n) is 29.0. The van der Waals surface area contributed by atoms with Gasteiger partial charge in [0, 0.05) is 19.4 Å². The highest BCUT2D eigenvalue weighted by Crippen LogP contribution is 2.43. The third kappa shape index (κ3) is 83.9. The van der Waals surface area contributed by atoms with Gasteiger partial charge in [-0.05, 0) is 77.0 Å². The molecule has 0 aliphatic heterocycles. The van der Waals surface area contributed by atoms with Crippen molar-refractivity contribution >= 4 is 19.8 Å². The summed E-state index contributed by atoms with van der Waals surface area (Å²) < 4.78 is 33.3. The number of hydrogen-bond acceptors (Lipinski definition) is 8. The zero-order valence-electron chi connectivity index (χ0n) is 65.9. The fourth-order valence-corrected chi connectivity index (χ4v) is 13.7. The number of carbonyl (C=O) groups excluding carboxylic acids is 2. The fourth-order valence-electron chi connectivity index (χ4n) is 12.9. The Labute approximate surface area is 620 Å². The molecule has 0 aromatic rings. The van der Waals surface area contributed by atoms with Crippen LogP contribution < -0.4 is 5.73 Å². The van der Waals surface area contributed by atoms with Gasteiger partial charge in [-0.2, -0.15) is 0 Å². The lowest BCUT2D eigenvalue weighted by atomic mass is 10.0. The summed E-state index contributed by atoms with van der Waals surface area (Å²) in [5.41, 5.74) is 5.42. The average molecular weight is 1420 g/mol. The molecule has 0 aromatic heterocycles. The molecule has 2 unspecified atom stereocenters. The first-order chi connectivity index (χ1) is 49.3. The Morgan fingerprint density at radius 1 is 0.310 bits per heavy atom. The molecule has 10 heteroatoms. The minimum Gasteiger partial charge on any atom is -0.462 e. The molecule has 0 rings (SSSR count). The minimum atomic E-state index is -4.40. The van der Waals surface area contributed by atoms with E-state index in [2.05, 4.69) is 111 Å². The summed E-state index contributed by atoms with van der Waals surface area (Å²) in [5.74, 6) is -0.808. The van der Waals surface area contributed by atoms with Crippen molar-refractivity contribution in [2.75, 3.05) is 26.4 Å². The van der Waals surface area contributed by atoms with Crippen molar-refractivity contribution in [2.45, 2.75) is 437 Å². The molecule has 0 spiro atoms. The zero-order valence-corrected chi connectivity index (χ0v) is 66.8. The van der Waals surface area contributed by atoms with Gasteiger partial charge in [-0.25, -0.2) is 4.57 Å². The number of allylic oxidation sites excluding steroid dienone is 16. The van der Waals surface area contributed by atoms with Crippen LogP contribution in [-0.2, 0) is 32.7 Å². The van der Waals surface area contributed by atoms with Crippen molar-refractivity contribution in [1.29, 1.82) is 0 Å². The quantitative estimate of drug-likeness (QED) is 0.0264. The SMILES string of the molecule is CC/C=C\C/C=C\C/C=C\C/C=C\C/C=C\C/C=C\C/C=C\C/C=C\CCCCCCCCCCCCCCCCCCC(=O)OC(COC(=O)CCCCCCCCCCCCCCCCCCCCCCCCCCCCCCCCCCCCCCCC)COP(=O)(O)OCCN. The summed E-state index contributed by atoms with van der Waals surface area (Å²) in [6.07, 6.45) is 117. The van der Waals surface area contributed by atoms with E-state index >= 15 is 0 Å². The van der Waals surface area contributed by atoms with E-state index < -0.39 is 26.5 Å². The number of unbranched alkanes of at least 4 members (excludes halogenated alkanes) is 53. The smallest absolute Gasteiger partial charge is 0.462 e. The average Bonchev–Trinajstić information content (AvgIpc) is 0.983. The summed E-state index contributed by atoms with van der Waals surface area (Å²) >= 11 is 0. The highest BCUT2D eigenvalue weighted by atomic mass is 31.2. The fraction of sp³-hybridized carbons (Fsp3) is 0.800. The molecule has 2 atom stereocenters. The van der Waals surface area contributed by atoms with Crippen LogP contribution in [0.4, 0.5) is 0 Å². The van der Waals surface area contributed by atoms with E-state index in [-0.39, 0.29) is 38.6 Å². The van der Waals surface area contributed by atoms with Crippen molar-refractivity contribution in [3.8, 4) is 0 Å². The second kappa shape index (κ2) is 84.9. The molecule has 0 aromatic carbocycles. The highest BCUT2D eigenvalue weighted by molar-refractivity contribution is 7.47. The van der Waals surface area contributed by atoms with E-state index in [1.807, 2.05) is 0 Å². The third-order valence-electron chi connectivity index (χ3n) is 19.2. The van der Waals surface area contributed by atoms with E-state index in [0.717, 1.165) is 89.9 Å². The van der Waals surface area contributed by atoms with E-state index in [4.69, 9.17) is 24.3 Å². The normalized spacial score (nSPS) is 13.3. The van der Waals surface area contributed by atoms with Gasteiger partial charge in [0.15, 0.2) is 6.10 Å². The van der Waals surface area contributed by atoms with Gasteiger partial charge in [0.05, 0.1) is 13.2 Å². The van der Waals surface area contributed by atoms with Crippen LogP contribution in [0.3, 0.4) is 0 Å². The van der Waals surface area contributed by atoms with Gasteiger partial charge >= 0.3 is 19.8 Å². The standard InChI is InChI=1S/C90H164NO8P/c1-3-5-7-9-11-13-15-17-19-21-23-25-27-29-31-33-35-37-39-41-43-44-45-47-49-51-53-55-57-59-61-63-65-67-69-71-73-75-77-79-81-83-90(93)99-88(87-98-100(94,95)97-85-84-91)86-96-89(92)82-80-78-76-74-72-70-68-66-64-62-60-58-56-54-52-50-48-46-42-40-38-36-34-32-30-28-26-24-22-20-18-16-14-12-10-8-6-4-2/h5,7,11,13,17,19,23,25,29,31,35,37,41,43,45,47,88H,3-4,6,8-10,12,14-16,18,20-22,24,26-28,30,32-34,36,38-40,42,44,46,48-87,91H2,1-2H3,(H,94,95)/b7-5-,13-11-,19-17-,25-23-,31-29-,37-35-,43-41-,47-45-. The van der Waals surface area contributed by atoms with Crippen LogP contribution in [0.5, 0.6) is 0 Å². The van der Waals surface area contributed by atoms with Crippen molar-refractivity contribution < 1.29 is 37.6 Å². The van der Waals surface area contributed by atoms with Crippen LogP contribution in [0.15, 0.2) is 97.2 Å². The summed E-state index contributed by atoms with van der Waals surface area (Å²) in [6.45, 7) is 3.70. The van der Waals surface area contributed by atoms with Gasteiger partial charge in [-0.1, -0.05) is 439 Å². The molecule has 100 heavy (non-hydrogen) atoms. The van der Waals surface area contributed by atoms with Crippen LogP contribution >= 0.6 is 7.82 Å². The Bertz CT molecular complexity index is 1970. The van der Waals surface area contributed by atoms with Gasteiger partial charge in [0.25, 0.3) is 0 Å². The van der Waals surface area contributed by atoms with E-state index in [9.17, 15) is 19.0 Å². The van der Waals surface area contributed by atoms with E-state index in [0.29, 0.717) is 6.42 Å². The van der Waals surface area contributed by atoms with Crippen LogP contribution in [0.1, 0.15) is 431 Å². The third-order valence-corrected chi connectivity index (χ3v) is 20.2. The lowest BCUT2D eigenvalue weighted by molar-refractivity contribution is -0.161. The number of carbonyl (C=O) groups is 2. The molecule has 0 bridgehead atoms. The maximum Gasteiger partial charge on any atom is 0.472 e. The lowest BCUT2D eigenvalue weighted by Gasteiger charge is -2.19. The Morgan fingerprint density at radius 2 is 0.550 bits per heavy atom. The predicted molar refractivity (Wildman–Crippen MR) is 436 cm³/mol. The molecule has 9 nitrogen and oxygen atoms in total. The van der Waals surface area contributed by atoms with Crippen molar-refractivity contribution in [3.05, 3.63) is 97.2 Å². The summed E-state index contributed by atoms with van der Waals surface area (Å²) in [5, 5.41) is 0. The predicted octanol–water partition coefficient (Wildman–Crippen LogP) is 29.4. The lowest BCUT2D eigenvalue weighted by Crippen LogP contribution is -2.29. The maximum atomic E-state index is 12.8. The molecule has 0 amide bonds. The Balaban J connectivity index is 3.76. The van der Waals surface area contributed by atoms with Crippen LogP contribution in [0, 0.1) is 0 Å². The zero-order chi connectivity index (χ0) is 72.2. The highest BCUT2D eigenvalue weighted by Gasteiger charge is 2.26. The number of phosphoric acid groups is 1. The topological polar surface area (TPSA) is 134 Å². The number of ether oxygens (including phenoxy) is 2. The second-order valence-corrected chi connectivity index (χ2v) is 30.5. The van der Waals surface area contributed by atoms with Gasteiger partial charge in [-0.15, -0.1) is 0 Å². The molecule has 0 radical (unpaired) electrons. The number of hydrogen-bond donors (Lipinski definition) is 2. The minimum absolute atomic E-state index is 0.0533. The molecule has 0 saturated heterocycles. The first-order valence-electron chi connectivity index (χ1n) is 43.2. The number of phosphoric ester groups is 1. The molecule has 0 saturated carbocycles. The molecular formula is C90H164NO8P. The van der Waals surface area contributed by atoms with Gasteiger partial charge in [0.1, 0.15) is 6.61 Å². The van der Waals surface area contributed by atoms with Gasteiger partial charge in [-0.3, -0.25) is 18.6 Å². The molecule has 0 fully saturated rings. The van der Waals surface area contributed by atoms with E-state index in [1.165, 1.54) is 308 Å². The summed E-state index contributed by atoms with van der Waals surface area (Å²) in [4.78, 5) is 35.5. The Morgan fingerprint density at radius 3 is 0.820 bits per heavy atom. The van der Waals surface area contributed by atoms with Crippen molar-refractivity contribution in [2.24, 2.45) is 5.73 Å². The first kappa shape index (κ1) is 96.9. The van der Waals surface area contributed by atoms with Crippen molar-refractivity contribution in [1.82, 2.24) is 0 Å². The van der Waals surface area contributed by atoms with Gasteiger partial charge in [0.2, 0.25) is 0 Å². The molecule has 0 heterocycles. The summed E-state index contributed by atoms with van der Waals surface area (Å²) in [7, 11) is -4.40. The summed E-state index contributed by atoms with van der Waals surface area (Å²) in [6, 6.07) is 0. The molecule has 582 valence electrons. The van der Waals surface area contributed by atoms with Crippen LogP contribution in [0.25, 0.3) is 0 Å². The molecule has 0 aliphatic rings. The number of rotatable bonds is 82. The van der Waals surface area contributed by atoms with Gasteiger partial charge < -0.3 is 20.1 Å².